The Kier molecular flexibility index (Phi) is 3.59. The summed E-state index contributed by atoms with van der Waals surface area (Å²) in [6.07, 6.45) is 2.78. The van der Waals surface area contributed by atoms with Crippen LogP contribution in [-0.4, -0.2) is 34.7 Å². The van der Waals surface area contributed by atoms with Crippen molar-refractivity contribution in [3.8, 4) is 5.75 Å². The van der Waals surface area contributed by atoms with Gasteiger partial charge in [0.15, 0.2) is 0 Å². The lowest BCUT2D eigenvalue weighted by Gasteiger charge is -2.16. The number of rotatable bonds is 4. The Balaban J connectivity index is 2.19. The largest absolute Gasteiger partial charge is 0.508 e. The van der Waals surface area contributed by atoms with E-state index in [0.29, 0.717) is 0 Å². The number of aromatic hydroxyl groups is 1. The lowest BCUT2D eigenvalue weighted by atomic mass is 10.2. The third kappa shape index (κ3) is 2.94. The summed E-state index contributed by atoms with van der Waals surface area (Å²) >= 11 is 0. The Morgan fingerprint density at radius 3 is 2.47 bits per heavy atom. The Morgan fingerprint density at radius 2 is 1.95 bits per heavy atom. The molecule has 0 aliphatic heterocycles. The number of sulfonamides is 1. The zero-order valence-electron chi connectivity index (χ0n) is 10.7. The minimum atomic E-state index is -3.54. The predicted octanol–water partition coefficient (Wildman–Crippen LogP) is 0.946. The van der Waals surface area contributed by atoms with Crippen molar-refractivity contribution < 1.29 is 13.5 Å². The van der Waals surface area contributed by atoms with E-state index in [4.69, 9.17) is 0 Å². The van der Waals surface area contributed by atoms with Gasteiger partial charge in [-0.3, -0.25) is 4.68 Å². The second-order valence-corrected chi connectivity index (χ2v) is 6.32. The molecule has 1 aromatic heterocycles. The summed E-state index contributed by atoms with van der Waals surface area (Å²) in [6.45, 7) is 0.234. The van der Waals surface area contributed by atoms with Crippen LogP contribution in [0.3, 0.4) is 0 Å². The standard InChI is InChI=1S/C12H15N3O3S/c1-14-9-12(7-13-14)19(17,18)15(2)8-10-3-5-11(16)6-4-10/h3-7,9,16H,8H2,1-2H3. The molecule has 0 atom stereocenters. The summed E-state index contributed by atoms with van der Waals surface area (Å²) < 4.78 is 27.2. The molecule has 0 fully saturated rings. The molecule has 0 spiro atoms. The molecule has 102 valence electrons. The van der Waals surface area contributed by atoms with Gasteiger partial charge in [0.25, 0.3) is 0 Å². The van der Waals surface area contributed by atoms with Gasteiger partial charge in [-0.15, -0.1) is 0 Å². The fourth-order valence-electron chi connectivity index (χ4n) is 1.66. The molecular weight excluding hydrogens is 266 g/mol. The molecule has 2 rings (SSSR count). The number of phenolic OH excluding ortho intramolecular Hbond substituents is 1. The lowest BCUT2D eigenvalue weighted by Crippen LogP contribution is -2.26. The van der Waals surface area contributed by atoms with Gasteiger partial charge in [0.1, 0.15) is 10.6 Å². The van der Waals surface area contributed by atoms with Crippen LogP contribution in [0.2, 0.25) is 0 Å². The molecule has 0 unspecified atom stereocenters. The van der Waals surface area contributed by atoms with E-state index >= 15 is 0 Å². The minimum absolute atomic E-state index is 0.154. The Bertz CT molecular complexity index is 662. The fraction of sp³-hybridized carbons (Fsp3) is 0.250. The van der Waals surface area contributed by atoms with E-state index in [1.165, 1.54) is 40.6 Å². The first-order valence-electron chi connectivity index (χ1n) is 5.62. The van der Waals surface area contributed by atoms with Crippen LogP contribution >= 0.6 is 0 Å². The molecule has 1 N–H and O–H groups in total. The van der Waals surface area contributed by atoms with Gasteiger partial charge in [-0.25, -0.2) is 8.42 Å². The predicted molar refractivity (Wildman–Crippen MR) is 70.0 cm³/mol. The van der Waals surface area contributed by atoms with Crippen LogP contribution in [-0.2, 0) is 23.6 Å². The molecule has 0 radical (unpaired) electrons. The zero-order chi connectivity index (χ0) is 14.0. The maximum atomic E-state index is 12.2. The smallest absolute Gasteiger partial charge is 0.246 e. The Hall–Kier alpha value is -1.86. The first-order chi connectivity index (χ1) is 8.89. The van der Waals surface area contributed by atoms with Crippen LogP contribution in [0.5, 0.6) is 5.75 Å². The van der Waals surface area contributed by atoms with E-state index < -0.39 is 10.0 Å². The van der Waals surface area contributed by atoms with Crippen LogP contribution in [0.1, 0.15) is 5.56 Å². The zero-order valence-corrected chi connectivity index (χ0v) is 11.5. The van der Waals surface area contributed by atoms with Crippen LogP contribution < -0.4 is 0 Å². The van der Waals surface area contributed by atoms with E-state index in [2.05, 4.69) is 5.10 Å². The minimum Gasteiger partial charge on any atom is -0.508 e. The van der Waals surface area contributed by atoms with Gasteiger partial charge in [-0.2, -0.15) is 9.40 Å². The molecule has 1 aromatic carbocycles. The number of hydrogen-bond acceptors (Lipinski definition) is 4. The maximum absolute atomic E-state index is 12.2. The highest BCUT2D eigenvalue weighted by Crippen LogP contribution is 2.17. The average molecular weight is 281 g/mol. The molecule has 6 nitrogen and oxygen atoms in total. The van der Waals surface area contributed by atoms with Gasteiger partial charge >= 0.3 is 0 Å². The van der Waals surface area contributed by atoms with Crippen LogP contribution in [0.4, 0.5) is 0 Å². The highest BCUT2D eigenvalue weighted by Gasteiger charge is 2.22. The third-order valence-electron chi connectivity index (χ3n) is 2.73. The lowest BCUT2D eigenvalue weighted by molar-refractivity contribution is 0.463. The quantitative estimate of drug-likeness (QED) is 0.905. The number of hydrogen-bond donors (Lipinski definition) is 1. The van der Waals surface area contributed by atoms with Crippen molar-refractivity contribution in [3.05, 3.63) is 42.2 Å². The first kappa shape index (κ1) is 13.6. The van der Waals surface area contributed by atoms with Crippen LogP contribution in [0.15, 0.2) is 41.6 Å². The molecule has 0 saturated carbocycles. The van der Waals surface area contributed by atoms with Gasteiger partial charge in [0, 0.05) is 26.8 Å². The van der Waals surface area contributed by atoms with E-state index in [0.717, 1.165) is 5.56 Å². The fourth-order valence-corrected chi connectivity index (χ4v) is 2.80. The van der Waals surface area contributed by atoms with Crippen molar-refractivity contribution in [1.29, 1.82) is 0 Å². The van der Waals surface area contributed by atoms with Gasteiger partial charge < -0.3 is 5.11 Å². The molecule has 0 bridgehead atoms. The average Bonchev–Trinajstić information content (AvgIpc) is 2.79. The maximum Gasteiger partial charge on any atom is 0.246 e. The third-order valence-corrected chi connectivity index (χ3v) is 4.49. The van der Waals surface area contributed by atoms with E-state index in [1.54, 1.807) is 19.2 Å². The van der Waals surface area contributed by atoms with Crippen molar-refractivity contribution >= 4 is 10.0 Å². The monoisotopic (exact) mass is 281 g/mol. The highest BCUT2D eigenvalue weighted by atomic mass is 32.2. The SMILES string of the molecule is CN(Cc1ccc(O)cc1)S(=O)(=O)c1cnn(C)c1. The molecule has 0 aliphatic rings. The van der Waals surface area contributed by atoms with Crippen LogP contribution in [0.25, 0.3) is 0 Å². The molecule has 19 heavy (non-hydrogen) atoms. The molecule has 2 aromatic rings. The molecule has 1 heterocycles. The number of phenols is 1. The summed E-state index contributed by atoms with van der Waals surface area (Å²) in [7, 11) is -0.364. The molecule has 7 heteroatoms. The Morgan fingerprint density at radius 1 is 1.32 bits per heavy atom. The molecule has 0 saturated heterocycles. The van der Waals surface area contributed by atoms with Gasteiger partial charge in [-0.1, -0.05) is 12.1 Å². The summed E-state index contributed by atoms with van der Waals surface area (Å²) in [5.41, 5.74) is 0.799. The topological polar surface area (TPSA) is 75.4 Å². The van der Waals surface area contributed by atoms with E-state index in [1.807, 2.05) is 0 Å². The van der Waals surface area contributed by atoms with E-state index in [9.17, 15) is 13.5 Å². The summed E-state index contributed by atoms with van der Waals surface area (Å²) in [6, 6.07) is 6.43. The number of nitrogens with zero attached hydrogens (tertiary/aromatic N) is 3. The van der Waals surface area contributed by atoms with Crippen LogP contribution in [0, 0.1) is 0 Å². The van der Waals surface area contributed by atoms with Crippen molar-refractivity contribution in [2.24, 2.45) is 7.05 Å². The van der Waals surface area contributed by atoms with Crippen molar-refractivity contribution in [2.75, 3.05) is 7.05 Å². The number of aromatic nitrogens is 2. The summed E-state index contributed by atoms with van der Waals surface area (Å²) in [5, 5.41) is 13.1. The normalized spacial score (nSPS) is 11.9. The Labute approximate surface area is 112 Å². The molecular formula is C12H15N3O3S. The first-order valence-corrected chi connectivity index (χ1v) is 7.06. The van der Waals surface area contributed by atoms with Gasteiger partial charge in [-0.05, 0) is 17.7 Å². The van der Waals surface area contributed by atoms with Crippen molar-refractivity contribution in [1.82, 2.24) is 14.1 Å². The van der Waals surface area contributed by atoms with E-state index in [-0.39, 0.29) is 17.2 Å². The molecule has 0 amide bonds. The second-order valence-electron chi connectivity index (χ2n) is 4.28. The summed E-state index contributed by atoms with van der Waals surface area (Å²) in [5.74, 6) is 0.154. The number of benzene rings is 1. The van der Waals surface area contributed by atoms with Gasteiger partial charge in [0.2, 0.25) is 10.0 Å². The number of aryl methyl sites for hydroxylation is 1. The van der Waals surface area contributed by atoms with Gasteiger partial charge in [0.05, 0.1) is 6.20 Å². The van der Waals surface area contributed by atoms with Crippen molar-refractivity contribution in [2.45, 2.75) is 11.4 Å². The van der Waals surface area contributed by atoms with Crippen molar-refractivity contribution in [3.63, 3.8) is 0 Å². The second kappa shape index (κ2) is 5.02. The molecule has 0 aliphatic carbocycles. The summed E-state index contributed by atoms with van der Waals surface area (Å²) in [4.78, 5) is 0.163. The highest BCUT2D eigenvalue weighted by molar-refractivity contribution is 7.89.